The number of nitrogens with two attached hydrogens (primary N) is 1. The molecule has 5 nitrogen and oxygen atoms in total. The number of nitrogens with one attached hydrogen (secondary N) is 1. The molecule has 1 amide bonds. The van der Waals surface area contributed by atoms with Gasteiger partial charge in [-0.1, -0.05) is 6.07 Å². The topological polar surface area (TPSA) is 73.6 Å². The first-order valence-corrected chi connectivity index (χ1v) is 7.54. The fraction of sp³-hybridized carbons (Fsp3) is 0.562. The second-order valence-corrected chi connectivity index (χ2v) is 5.69. The van der Waals surface area contributed by atoms with Crippen LogP contribution in [0.5, 0.6) is 5.75 Å². The lowest BCUT2D eigenvalue weighted by molar-refractivity contribution is -0.136. The van der Waals surface area contributed by atoms with E-state index < -0.39 is 5.41 Å². The van der Waals surface area contributed by atoms with Gasteiger partial charge in [-0.15, -0.1) is 12.4 Å². The summed E-state index contributed by atoms with van der Waals surface area (Å²) in [6.45, 7) is 3.59. The first-order valence-electron chi connectivity index (χ1n) is 7.54. The molecule has 1 aliphatic rings. The number of hydrogen-bond donors (Lipinski definition) is 2. The molecular formula is C16H24ClFN2O3. The van der Waals surface area contributed by atoms with Crippen molar-refractivity contribution in [1.29, 1.82) is 0 Å². The van der Waals surface area contributed by atoms with Crippen LogP contribution in [0.3, 0.4) is 0 Å². The molecule has 1 fully saturated rings. The molecule has 0 saturated carbocycles. The Morgan fingerprint density at radius 1 is 1.48 bits per heavy atom. The number of carbonyl (C=O) groups is 1. The maximum atomic E-state index is 13.1. The van der Waals surface area contributed by atoms with E-state index in [1.807, 2.05) is 6.92 Å². The quantitative estimate of drug-likeness (QED) is 0.825. The Morgan fingerprint density at radius 3 is 2.78 bits per heavy atom. The van der Waals surface area contributed by atoms with Crippen molar-refractivity contribution in [1.82, 2.24) is 5.32 Å². The molecule has 1 atom stereocenters. The van der Waals surface area contributed by atoms with Crippen LogP contribution in [0, 0.1) is 11.2 Å². The van der Waals surface area contributed by atoms with Gasteiger partial charge in [-0.2, -0.15) is 0 Å². The molecule has 1 aliphatic heterocycles. The van der Waals surface area contributed by atoms with Gasteiger partial charge >= 0.3 is 0 Å². The minimum atomic E-state index is -0.545. The first kappa shape index (κ1) is 19.7. The van der Waals surface area contributed by atoms with E-state index in [-0.39, 0.29) is 30.2 Å². The third kappa shape index (κ3) is 5.34. The van der Waals surface area contributed by atoms with Gasteiger partial charge in [-0.25, -0.2) is 4.39 Å². The van der Waals surface area contributed by atoms with Crippen LogP contribution in [0.4, 0.5) is 4.39 Å². The molecule has 0 bridgehead atoms. The van der Waals surface area contributed by atoms with E-state index in [2.05, 4.69) is 5.32 Å². The number of carbonyl (C=O) groups excluding carboxylic acids is 1. The normalized spacial score (nSPS) is 17.7. The summed E-state index contributed by atoms with van der Waals surface area (Å²) in [5.41, 5.74) is 5.25. The molecule has 0 spiro atoms. The second kappa shape index (κ2) is 9.05. The molecule has 7 heteroatoms. The number of ether oxygens (including phenoxy) is 2. The summed E-state index contributed by atoms with van der Waals surface area (Å²) in [7, 11) is 0. The highest BCUT2D eigenvalue weighted by Gasteiger charge is 2.38. The van der Waals surface area contributed by atoms with Crippen molar-refractivity contribution in [2.45, 2.75) is 25.9 Å². The number of hydrogen-bond acceptors (Lipinski definition) is 4. The van der Waals surface area contributed by atoms with Crippen molar-refractivity contribution in [2.75, 3.05) is 26.3 Å². The molecule has 0 radical (unpaired) electrons. The van der Waals surface area contributed by atoms with Gasteiger partial charge in [-0.3, -0.25) is 4.79 Å². The first-order chi connectivity index (χ1) is 10.6. The SMILES string of the molecule is CC(CNC(=O)C1(CN)CCOCC1)Oc1cccc(F)c1.Cl. The maximum absolute atomic E-state index is 13.1. The zero-order valence-corrected chi connectivity index (χ0v) is 14.0. The molecular weight excluding hydrogens is 323 g/mol. The van der Waals surface area contributed by atoms with Gasteiger partial charge in [0.15, 0.2) is 0 Å². The van der Waals surface area contributed by atoms with Crippen molar-refractivity contribution in [3.8, 4) is 5.75 Å². The van der Waals surface area contributed by atoms with Gasteiger partial charge < -0.3 is 20.5 Å². The summed E-state index contributed by atoms with van der Waals surface area (Å²) < 4.78 is 24.0. The molecule has 1 saturated heterocycles. The zero-order valence-electron chi connectivity index (χ0n) is 13.2. The van der Waals surface area contributed by atoms with Crippen LogP contribution < -0.4 is 15.8 Å². The van der Waals surface area contributed by atoms with Gasteiger partial charge in [-0.05, 0) is 31.9 Å². The monoisotopic (exact) mass is 346 g/mol. The Morgan fingerprint density at radius 2 is 2.17 bits per heavy atom. The van der Waals surface area contributed by atoms with Crippen LogP contribution in [0.15, 0.2) is 24.3 Å². The Bertz CT molecular complexity index is 510. The molecule has 0 aromatic heterocycles. The second-order valence-electron chi connectivity index (χ2n) is 5.69. The lowest BCUT2D eigenvalue weighted by Gasteiger charge is -2.34. The van der Waals surface area contributed by atoms with Gasteiger partial charge in [0.2, 0.25) is 5.91 Å². The summed E-state index contributed by atoms with van der Waals surface area (Å²) >= 11 is 0. The van der Waals surface area contributed by atoms with Crippen molar-refractivity contribution in [3.63, 3.8) is 0 Å². The van der Waals surface area contributed by atoms with E-state index in [9.17, 15) is 9.18 Å². The highest BCUT2D eigenvalue weighted by atomic mass is 35.5. The Balaban J connectivity index is 0.00000264. The van der Waals surface area contributed by atoms with E-state index in [1.54, 1.807) is 12.1 Å². The molecule has 3 N–H and O–H groups in total. The number of halogens is 2. The molecule has 0 aliphatic carbocycles. The number of amides is 1. The zero-order chi connectivity index (χ0) is 16.0. The van der Waals surface area contributed by atoms with Crippen LogP contribution in [0.2, 0.25) is 0 Å². The van der Waals surface area contributed by atoms with Gasteiger partial charge in [0.1, 0.15) is 17.7 Å². The van der Waals surface area contributed by atoms with Crippen molar-refractivity contribution in [2.24, 2.45) is 11.1 Å². The fourth-order valence-corrected chi connectivity index (χ4v) is 2.52. The average Bonchev–Trinajstić information content (AvgIpc) is 2.53. The summed E-state index contributed by atoms with van der Waals surface area (Å²) in [5.74, 6) is 0.0346. The Hall–Kier alpha value is -1.37. The highest BCUT2D eigenvalue weighted by molar-refractivity contribution is 5.85. The smallest absolute Gasteiger partial charge is 0.227 e. The third-order valence-corrected chi connectivity index (χ3v) is 4.01. The van der Waals surface area contributed by atoms with Crippen LogP contribution in [-0.2, 0) is 9.53 Å². The molecule has 23 heavy (non-hydrogen) atoms. The summed E-state index contributed by atoms with van der Waals surface area (Å²) in [6, 6.07) is 5.94. The third-order valence-electron chi connectivity index (χ3n) is 4.01. The lowest BCUT2D eigenvalue weighted by atomic mass is 9.79. The minimum Gasteiger partial charge on any atom is -0.489 e. The largest absolute Gasteiger partial charge is 0.489 e. The summed E-state index contributed by atoms with van der Waals surface area (Å²) in [5, 5.41) is 2.89. The van der Waals surface area contributed by atoms with Crippen LogP contribution in [-0.4, -0.2) is 38.3 Å². The van der Waals surface area contributed by atoms with Crippen molar-refractivity contribution >= 4 is 18.3 Å². The van der Waals surface area contributed by atoms with E-state index in [0.717, 1.165) is 0 Å². The number of rotatable bonds is 6. The van der Waals surface area contributed by atoms with Crippen molar-refractivity contribution < 1.29 is 18.7 Å². The molecule has 1 aromatic rings. The minimum absolute atomic E-state index is 0. The standard InChI is InChI=1S/C16H23FN2O3.ClH/c1-12(22-14-4-2-3-13(17)9-14)10-19-15(20)16(11-18)5-7-21-8-6-16;/h2-4,9,12H,5-8,10-11,18H2,1H3,(H,19,20);1H. The van der Waals surface area contributed by atoms with E-state index in [4.69, 9.17) is 15.2 Å². The predicted molar refractivity (Wildman–Crippen MR) is 88.3 cm³/mol. The van der Waals surface area contributed by atoms with Gasteiger partial charge in [0, 0.05) is 25.8 Å². The number of benzene rings is 1. The van der Waals surface area contributed by atoms with Crippen LogP contribution in [0.25, 0.3) is 0 Å². The van der Waals surface area contributed by atoms with Crippen molar-refractivity contribution in [3.05, 3.63) is 30.1 Å². The summed E-state index contributed by atoms with van der Waals surface area (Å²) in [4.78, 5) is 12.4. The maximum Gasteiger partial charge on any atom is 0.227 e. The average molecular weight is 347 g/mol. The van der Waals surface area contributed by atoms with Gasteiger partial charge in [0.05, 0.1) is 12.0 Å². The van der Waals surface area contributed by atoms with E-state index >= 15 is 0 Å². The van der Waals surface area contributed by atoms with Gasteiger partial charge in [0.25, 0.3) is 0 Å². The molecule has 1 unspecified atom stereocenters. The Kier molecular flexibility index (Phi) is 7.75. The summed E-state index contributed by atoms with van der Waals surface area (Å²) in [6.07, 6.45) is 1.00. The molecule has 1 aromatic carbocycles. The fourth-order valence-electron chi connectivity index (χ4n) is 2.52. The Labute approximate surface area is 142 Å². The molecule has 130 valence electrons. The van der Waals surface area contributed by atoms with Crippen LogP contribution >= 0.6 is 12.4 Å². The highest BCUT2D eigenvalue weighted by Crippen LogP contribution is 2.29. The molecule has 2 rings (SSSR count). The van der Waals surface area contributed by atoms with E-state index in [0.29, 0.717) is 44.9 Å². The van der Waals surface area contributed by atoms with Crippen LogP contribution in [0.1, 0.15) is 19.8 Å². The molecule has 1 heterocycles. The van der Waals surface area contributed by atoms with E-state index in [1.165, 1.54) is 12.1 Å². The predicted octanol–water partition coefficient (Wildman–Crippen LogP) is 1.89. The lowest BCUT2D eigenvalue weighted by Crippen LogP contribution is -2.50.